The smallest absolute Gasteiger partial charge is 0.269 e. The second-order valence-electron chi connectivity index (χ2n) is 4.90. The van der Waals surface area contributed by atoms with Gasteiger partial charge in [0.1, 0.15) is 4.88 Å². The predicted molar refractivity (Wildman–Crippen MR) is 90.9 cm³/mol. The van der Waals surface area contributed by atoms with Crippen molar-refractivity contribution in [1.82, 2.24) is 9.97 Å². The van der Waals surface area contributed by atoms with Gasteiger partial charge in [-0.05, 0) is 19.4 Å². The van der Waals surface area contributed by atoms with Gasteiger partial charge in [-0.2, -0.15) is 0 Å². The minimum Gasteiger partial charge on any atom is -0.297 e. The van der Waals surface area contributed by atoms with Crippen LogP contribution in [0.3, 0.4) is 0 Å². The van der Waals surface area contributed by atoms with Crippen LogP contribution in [0.2, 0.25) is 0 Å². The molecule has 0 unspecified atom stereocenters. The molecule has 112 valence electrons. The molecule has 1 amide bonds. The molecule has 2 aromatic heterocycles. The maximum absolute atomic E-state index is 12.2. The second kappa shape index (κ2) is 6.37. The Bertz CT molecular complexity index is 793. The molecule has 0 radical (unpaired) electrons. The fraction of sp³-hybridized carbons (Fsp3) is 0.188. The minimum absolute atomic E-state index is 0.135. The molecule has 0 atom stereocenters. The lowest BCUT2D eigenvalue weighted by atomic mass is 10.1. The van der Waals surface area contributed by atoms with E-state index in [-0.39, 0.29) is 5.91 Å². The van der Waals surface area contributed by atoms with Crippen LogP contribution in [-0.2, 0) is 6.42 Å². The van der Waals surface area contributed by atoms with Gasteiger partial charge in [0.05, 0.1) is 10.7 Å². The molecule has 0 fully saturated rings. The van der Waals surface area contributed by atoms with Crippen LogP contribution >= 0.6 is 22.7 Å². The Morgan fingerprint density at radius 3 is 2.64 bits per heavy atom. The fourth-order valence-electron chi connectivity index (χ4n) is 2.14. The average Bonchev–Trinajstić information content (AvgIpc) is 3.06. The van der Waals surface area contributed by atoms with Crippen molar-refractivity contribution in [3.8, 4) is 0 Å². The molecular weight excluding hydrogens is 314 g/mol. The maximum Gasteiger partial charge on any atom is 0.269 e. The second-order valence-corrected chi connectivity index (χ2v) is 7.21. The molecule has 0 saturated heterocycles. The summed E-state index contributed by atoms with van der Waals surface area (Å²) in [6, 6.07) is 10.2. The minimum atomic E-state index is -0.135. The van der Waals surface area contributed by atoms with Crippen molar-refractivity contribution in [2.24, 2.45) is 0 Å². The zero-order chi connectivity index (χ0) is 15.5. The van der Waals surface area contributed by atoms with E-state index < -0.39 is 0 Å². The summed E-state index contributed by atoms with van der Waals surface area (Å²) < 4.78 is 0. The van der Waals surface area contributed by atoms with Crippen molar-refractivity contribution in [3.63, 3.8) is 0 Å². The molecular formula is C16H15N3OS2. The molecule has 22 heavy (non-hydrogen) atoms. The third-order valence-electron chi connectivity index (χ3n) is 3.10. The Morgan fingerprint density at radius 1 is 1.18 bits per heavy atom. The summed E-state index contributed by atoms with van der Waals surface area (Å²) in [7, 11) is 0. The van der Waals surface area contributed by atoms with Gasteiger partial charge < -0.3 is 0 Å². The van der Waals surface area contributed by atoms with E-state index in [0.29, 0.717) is 10.0 Å². The van der Waals surface area contributed by atoms with Crippen LogP contribution in [0.4, 0.5) is 5.13 Å². The first-order valence-electron chi connectivity index (χ1n) is 6.86. The van der Waals surface area contributed by atoms with Gasteiger partial charge in [-0.15, -0.1) is 22.7 Å². The summed E-state index contributed by atoms with van der Waals surface area (Å²) in [5, 5.41) is 4.38. The number of amides is 1. The van der Waals surface area contributed by atoms with E-state index in [1.165, 1.54) is 28.2 Å². The molecule has 6 heteroatoms. The largest absolute Gasteiger partial charge is 0.297 e. The van der Waals surface area contributed by atoms with E-state index in [1.54, 1.807) is 0 Å². The number of thiazole rings is 2. The lowest BCUT2D eigenvalue weighted by Gasteiger charge is -1.99. The predicted octanol–water partition coefficient (Wildman–Crippen LogP) is 4.06. The molecule has 0 aliphatic rings. The van der Waals surface area contributed by atoms with Gasteiger partial charge in [0.2, 0.25) is 0 Å². The first-order chi connectivity index (χ1) is 10.6. The number of hydrogen-bond donors (Lipinski definition) is 1. The quantitative estimate of drug-likeness (QED) is 0.785. The van der Waals surface area contributed by atoms with Gasteiger partial charge in [0.25, 0.3) is 5.91 Å². The lowest BCUT2D eigenvalue weighted by Crippen LogP contribution is -2.11. The van der Waals surface area contributed by atoms with Crippen molar-refractivity contribution in [3.05, 3.63) is 62.5 Å². The van der Waals surface area contributed by atoms with E-state index in [9.17, 15) is 4.79 Å². The van der Waals surface area contributed by atoms with Crippen molar-refractivity contribution >= 4 is 33.7 Å². The van der Waals surface area contributed by atoms with E-state index in [0.717, 1.165) is 22.0 Å². The summed E-state index contributed by atoms with van der Waals surface area (Å²) in [5.41, 5.74) is 2.00. The summed E-state index contributed by atoms with van der Waals surface area (Å²) >= 11 is 2.91. The fourth-order valence-corrected chi connectivity index (χ4v) is 3.80. The summed E-state index contributed by atoms with van der Waals surface area (Å²) in [6.45, 7) is 3.75. The molecule has 4 nitrogen and oxygen atoms in total. The first-order valence-corrected chi connectivity index (χ1v) is 8.49. The van der Waals surface area contributed by atoms with Crippen LogP contribution in [0, 0.1) is 13.8 Å². The summed E-state index contributed by atoms with van der Waals surface area (Å²) in [6.07, 6.45) is 2.64. The van der Waals surface area contributed by atoms with E-state index >= 15 is 0 Å². The number of carbonyl (C=O) groups excluding carboxylic acids is 1. The number of anilines is 1. The Hall–Kier alpha value is -2.05. The number of nitrogens with one attached hydrogen (secondary N) is 1. The number of benzene rings is 1. The molecule has 0 aliphatic carbocycles. The van der Waals surface area contributed by atoms with Crippen LogP contribution in [0.25, 0.3) is 0 Å². The maximum atomic E-state index is 12.2. The van der Waals surface area contributed by atoms with Crippen molar-refractivity contribution < 1.29 is 4.79 Å². The molecule has 0 spiro atoms. The third-order valence-corrected chi connectivity index (χ3v) is 5.09. The number of nitrogens with zero attached hydrogens (tertiary/aromatic N) is 2. The van der Waals surface area contributed by atoms with E-state index in [2.05, 4.69) is 27.4 Å². The number of hydrogen-bond acceptors (Lipinski definition) is 5. The standard InChI is InChI=1S/C16H15N3OS2/c1-10-14(21-11(2)18-10)15(20)19-16-17-9-13(22-16)8-12-6-4-3-5-7-12/h3-7,9H,8H2,1-2H3,(H,17,19,20). The highest BCUT2D eigenvalue weighted by Gasteiger charge is 2.15. The SMILES string of the molecule is Cc1nc(C)c(C(=O)Nc2ncc(Cc3ccccc3)s2)s1. The van der Waals surface area contributed by atoms with Gasteiger partial charge in [0, 0.05) is 17.5 Å². The highest BCUT2D eigenvalue weighted by Crippen LogP contribution is 2.23. The lowest BCUT2D eigenvalue weighted by molar-refractivity contribution is 0.103. The van der Waals surface area contributed by atoms with Gasteiger partial charge in [-0.3, -0.25) is 10.1 Å². The van der Waals surface area contributed by atoms with Crippen molar-refractivity contribution in [2.75, 3.05) is 5.32 Å². The third kappa shape index (κ3) is 3.40. The number of aryl methyl sites for hydroxylation is 2. The zero-order valence-electron chi connectivity index (χ0n) is 12.3. The Morgan fingerprint density at radius 2 is 1.95 bits per heavy atom. The Kier molecular flexibility index (Phi) is 4.31. The molecule has 3 rings (SSSR count). The van der Waals surface area contributed by atoms with E-state index in [1.807, 2.05) is 38.2 Å². The molecule has 0 bridgehead atoms. The van der Waals surface area contributed by atoms with Crippen LogP contribution in [0.1, 0.15) is 30.8 Å². The molecule has 0 saturated carbocycles. The van der Waals surface area contributed by atoms with Crippen LogP contribution in [0.5, 0.6) is 0 Å². The number of aromatic nitrogens is 2. The van der Waals surface area contributed by atoms with Crippen LogP contribution < -0.4 is 5.32 Å². The highest BCUT2D eigenvalue weighted by atomic mass is 32.1. The summed E-state index contributed by atoms with van der Waals surface area (Å²) in [4.78, 5) is 22.6. The average molecular weight is 329 g/mol. The van der Waals surface area contributed by atoms with Gasteiger partial charge >= 0.3 is 0 Å². The van der Waals surface area contributed by atoms with Gasteiger partial charge in [0.15, 0.2) is 5.13 Å². The molecule has 2 heterocycles. The molecule has 3 aromatic rings. The summed E-state index contributed by atoms with van der Waals surface area (Å²) in [5.74, 6) is -0.135. The van der Waals surface area contributed by atoms with Gasteiger partial charge in [-0.25, -0.2) is 9.97 Å². The Labute approximate surface area is 136 Å². The van der Waals surface area contributed by atoms with Crippen molar-refractivity contribution in [2.45, 2.75) is 20.3 Å². The van der Waals surface area contributed by atoms with Crippen LogP contribution in [-0.4, -0.2) is 15.9 Å². The van der Waals surface area contributed by atoms with Crippen LogP contribution in [0.15, 0.2) is 36.5 Å². The monoisotopic (exact) mass is 329 g/mol. The molecule has 1 aromatic carbocycles. The topological polar surface area (TPSA) is 54.9 Å². The molecule has 1 N–H and O–H groups in total. The number of rotatable bonds is 4. The number of carbonyl (C=O) groups is 1. The normalized spacial score (nSPS) is 10.6. The van der Waals surface area contributed by atoms with Gasteiger partial charge in [-0.1, -0.05) is 30.3 Å². The Balaban J connectivity index is 1.69. The first kappa shape index (κ1) is 14.9. The van der Waals surface area contributed by atoms with Crippen molar-refractivity contribution in [1.29, 1.82) is 0 Å². The van der Waals surface area contributed by atoms with E-state index in [4.69, 9.17) is 0 Å². The highest BCUT2D eigenvalue weighted by molar-refractivity contribution is 7.16. The zero-order valence-corrected chi connectivity index (χ0v) is 13.9. The molecule has 0 aliphatic heterocycles.